The van der Waals surface area contributed by atoms with E-state index in [9.17, 15) is 0 Å². The van der Waals surface area contributed by atoms with Crippen LogP contribution in [-0.4, -0.2) is 10.9 Å². The smallest absolute Gasteiger partial charge is 0.0246 e. The van der Waals surface area contributed by atoms with Gasteiger partial charge in [-0.15, -0.1) is 0 Å². The quantitative estimate of drug-likeness (QED) is 0.628. The van der Waals surface area contributed by atoms with Crippen molar-refractivity contribution in [3.63, 3.8) is 0 Å². The number of hydrogen-bond donors (Lipinski definition) is 0. The Morgan fingerprint density at radius 1 is 0.615 bits per heavy atom. The Hall–Kier alpha value is -1.60. The summed E-state index contributed by atoms with van der Waals surface area (Å²) >= 11 is 0. The lowest BCUT2D eigenvalue weighted by molar-refractivity contribution is 0.206. The van der Waals surface area contributed by atoms with E-state index in [-0.39, 0.29) is 0 Å². The van der Waals surface area contributed by atoms with Crippen molar-refractivity contribution in [1.82, 2.24) is 4.90 Å². The first-order chi connectivity index (χ1) is 12.7. The van der Waals surface area contributed by atoms with E-state index in [4.69, 9.17) is 0 Å². The molecule has 0 amide bonds. The summed E-state index contributed by atoms with van der Waals surface area (Å²) in [4.78, 5) is 2.66. The van der Waals surface area contributed by atoms with Crippen molar-refractivity contribution in [1.29, 1.82) is 0 Å². The van der Waals surface area contributed by atoms with Crippen molar-refractivity contribution < 1.29 is 0 Å². The van der Waals surface area contributed by atoms with E-state index in [1.165, 1.54) is 51.4 Å². The lowest BCUT2D eigenvalue weighted by atomic mass is 9.78. The van der Waals surface area contributed by atoms with Gasteiger partial charge in [-0.25, -0.2) is 0 Å². The largest absolute Gasteiger partial charge is 0.292 e. The number of nitrogens with zero attached hydrogens (tertiary/aromatic N) is 1. The van der Waals surface area contributed by atoms with E-state index in [1.807, 2.05) is 0 Å². The van der Waals surface area contributed by atoms with Gasteiger partial charge < -0.3 is 0 Å². The zero-order valence-corrected chi connectivity index (χ0v) is 16.4. The van der Waals surface area contributed by atoms with Crippen LogP contribution in [0, 0.1) is 0 Å². The molecule has 0 fully saturated rings. The molecule has 1 heteroatoms. The summed E-state index contributed by atoms with van der Waals surface area (Å²) in [6, 6.07) is 10.4. The topological polar surface area (TPSA) is 3.24 Å². The Bertz CT molecular complexity index is 778. The summed E-state index contributed by atoms with van der Waals surface area (Å²) in [6.45, 7) is 6.90. The fourth-order valence-corrected chi connectivity index (χ4v) is 5.50. The zero-order chi connectivity index (χ0) is 17.7. The van der Waals surface area contributed by atoms with Crippen LogP contribution in [0.15, 0.2) is 24.3 Å². The second-order valence-electron chi connectivity index (χ2n) is 8.89. The molecule has 0 unspecified atom stereocenters. The Kier molecular flexibility index (Phi) is 4.16. The molecule has 26 heavy (non-hydrogen) atoms. The van der Waals surface area contributed by atoms with Crippen LogP contribution in [-0.2, 0) is 38.8 Å². The second kappa shape index (κ2) is 6.53. The van der Waals surface area contributed by atoms with E-state index in [0.29, 0.717) is 6.04 Å². The molecule has 3 aliphatic rings. The molecule has 0 N–H and O–H groups in total. The summed E-state index contributed by atoms with van der Waals surface area (Å²) in [6.07, 6.45) is 10.6. The first kappa shape index (κ1) is 16.6. The molecule has 1 aliphatic heterocycles. The van der Waals surface area contributed by atoms with E-state index in [2.05, 4.69) is 43.0 Å². The fourth-order valence-electron chi connectivity index (χ4n) is 5.50. The van der Waals surface area contributed by atoms with Crippen LogP contribution < -0.4 is 0 Å². The van der Waals surface area contributed by atoms with Crippen LogP contribution in [0.1, 0.15) is 72.9 Å². The summed E-state index contributed by atoms with van der Waals surface area (Å²) in [7, 11) is 0. The molecule has 5 rings (SSSR count). The van der Waals surface area contributed by atoms with Gasteiger partial charge in [0.2, 0.25) is 0 Å². The molecular formula is C25H31N. The molecule has 0 atom stereocenters. The second-order valence-corrected chi connectivity index (χ2v) is 8.89. The van der Waals surface area contributed by atoms with Crippen molar-refractivity contribution in [3.8, 4) is 11.1 Å². The minimum atomic E-state index is 0.584. The Balaban J connectivity index is 1.80. The molecule has 0 radical (unpaired) electrons. The average molecular weight is 346 g/mol. The van der Waals surface area contributed by atoms with E-state index in [0.717, 1.165) is 13.1 Å². The average Bonchev–Trinajstić information content (AvgIpc) is 2.85. The number of aryl methyl sites for hydroxylation is 2. The maximum absolute atomic E-state index is 2.66. The van der Waals surface area contributed by atoms with Crippen LogP contribution in [0.2, 0.25) is 0 Å². The maximum atomic E-state index is 2.66. The van der Waals surface area contributed by atoms with Crippen molar-refractivity contribution in [3.05, 3.63) is 57.6 Å². The standard InChI is InChI=1S/C25H31N/c1-17(2)26-15-20-13-11-18-7-3-5-9-22(18)24(20)25-21(16-26)14-12-19-8-4-6-10-23(19)25/h11-14,17H,3-10,15-16H2,1-2H3. The van der Waals surface area contributed by atoms with E-state index >= 15 is 0 Å². The van der Waals surface area contributed by atoms with Crippen LogP contribution in [0.5, 0.6) is 0 Å². The highest BCUT2D eigenvalue weighted by atomic mass is 15.1. The number of hydrogen-bond acceptors (Lipinski definition) is 1. The van der Waals surface area contributed by atoms with E-state index in [1.54, 1.807) is 44.5 Å². The van der Waals surface area contributed by atoms with Gasteiger partial charge in [-0.05, 0) is 110 Å². The first-order valence-electron chi connectivity index (χ1n) is 10.7. The van der Waals surface area contributed by atoms with Gasteiger partial charge in [0.15, 0.2) is 0 Å². The molecule has 0 saturated carbocycles. The molecule has 136 valence electrons. The summed E-state index contributed by atoms with van der Waals surface area (Å²) in [5.41, 5.74) is 13.1. The lowest BCUT2D eigenvalue weighted by Gasteiger charge is -2.26. The maximum Gasteiger partial charge on any atom is 0.0246 e. The molecule has 1 heterocycles. The van der Waals surface area contributed by atoms with Gasteiger partial charge in [-0.2, -0.15) is 0 Å². The predicted octanol–water partition coefficient (Wildman–Crippen LogP) is 5.84. The van der Waals surface area contributed by atoms with Gasteiger partial charge in [0.05, 0.1) is 0 Å². The lowest BCUT2D eigenvalue weighted by Crippen LogP contribution is -2.29. The predicted molar refractivity (Wildman–Crippen MR) is 110 cm³/mol. The fraction of sp³-hybridized carbons (Fsp3) is 0.520. The van der Waals surface area contributed by atoms with Gasteiger partial charge in [-0.1, -0.05) is 24.3 Å². The minimum Gasteiger partial charge on any atom is -0.292 e. The van der Waals surface area contributed by atoms with Crippen molar-refractivity contribution in [2.75, 3.05) is 0 Å². The third-order valence-corrected chi connectivity index (χ3v) is 6.97. The third kappa shape index (κ3) is 2.63. The number of benzene rings is 2. The van der Waals surface area contributed by atoms with Crippen LogP contribution >= 0.6 is 0 Å². The zero-order valence-electron chi connectivity index (χ0n) is 16.4. The normalized spacial score (nSPS) is 19.3. The van der Waals surface area contributed by atoms with Crippen LogP contribution in [0.25, 0.3) is 11.1 Å². The van der Waals surface area contributed by atoms with Gasteiger partial charge in [0, 0.05) is 19.1 Å². The molecule has 0 aromatic heterocycles. The van der Waals surface area contributed by atoms with Crippen molar-refractivity contribution >= 4 is 0 Å². The van der Waals surface area contributed by atoms with Gasteiger partial charge in [0.25, 0.3) is 0 Å². The summed E-state index contributed by atoms with van der Waals surface area (Å²) < 4.78 is 0. The van der Waals surface area contributed by atoms with Crippen LogP contribution in [0.3, 0.4) is 0 Å². The number of rotatable bonds is 1. The molecule has 2 aliphatic carbocycles. The Labute approximate surface area is 158 Å². The number of fused-ring (bicyclic) bond motifs is 7. The molecule has 1 nitrogen and oxygen atoms in total. The van der Waals surface area contributed by atoms with Gasteiger partial charge in [0.1, 0.15) is 0 Å². The SMILES string of the molecule is CC(C)N1Cc2ccc3c(c2-c2c(ccc4c2CCCC4)C1)CCCC3. The van der Waals surface area contributed by atoms with E-state index < -0.39 is 0 Å². The van der Waals surface area contributed by atoms with Crippen LogP contribution in [0.4, 0.5) is 0 Å². The highest BCUT2D eigenvalue weighted by molar-refractivity contribution is 5.80. The highest BCUT2D eigenvalue weighted by Gasteiger charge is 2.28. The Morgan fingerprint density at radius 2 is 1.04 bits per heavy atom. The van der Waals surface area contributed by atoms with Crippen molar-refractivity contribution in [2.45, 2.75) is 84.3 Å². The Morgan fingerprint density at radius 3 is 1.50 bits per heavy atom. The summed E-state index contributed by atoms with van der Waals surface area (Å²) in [5.74, 6) is 0. The first-order valence-corrected chi connectivity index (χ1v) is 10.7. The molecule has 2 aromatic rings. The summed E-state index contributed by atoms with van der Waals surface area (Å²) in [5, 5.41) is 0. The third-order valence-electron chi connectivity index (χ3n) is 6.97. The highest BCUT2D eigenvalue weighted by Crippen LogP contribution is 2.43. The van der Waals surface area contributed by atoms with Gasteiger partial charge >= 0.3 is 0 Å². The molecule has 0 bridgehead atoms. The van der Waals surface area contributed by atoms with Crippen molar-refractivity contribution in [2.24, 2.45) is 0 Å². The molecule has 2 aromatic carbocycles. The van der Waals surface area contributed by atoms with Gasteiger partial charge in [-0.3, -0.25) is 4.90 Å². The minimum absolute atomic E-state index is 0.584. The molecule has 0 saturated heterocycles. The monoisotopic (exact) mass is 345 g/mol. The molecule has 0 spiro atoms. The molecular weight excluding hydrogens is 314 g/mol.